The summed E-state index contributed by atoms with van der Waals surface area (Å²) in [7, 11) is 0. The summed E-state index contributed by atoms with van der Waals surface area (Å²) in [4.78, 5) is 2.44. The van der Waals surface area contributed by atoms with E-state index in [1.807, 2.05) is 24.3 Å². The molecule has 2 aromatic carbocycles. The molecule has 0 bridgehead atoms. The van der Waals surface area contributed by atoms with E-state index in [9.17, 15) is 8.78 Å². The number of nitrogens with zero attached hydrogens (tertiary/aromatic N) is 1. The highest BCUT2D eigenvalue weighted by molar-refractivity contribution is 5.32. The molecule has 0 spiro atoms. The molecule has 0 amide bonds. The number of rotatable bonds is 4. The van der Waals surface area contributed by atoms with E-state index in [0.29, 0.717) is 6.04 Å². The van der Waals surface area contributed by atoms with Gasteiger partial charge in [0.15, 0.2) is 0 Å². The van der Waals surface area contributed by atoms with Gasteiger partial charge in [-0.2, -0.15) is 0 Å². The minimum atomic E-state index is -0.229. The van der Waals surface area contributed by atoms with Crippen LogP contribution in [0, 0.1) is 17.6 Å². The largest absolute Gasteiger partial charge is 0.311 e. The number of hydrogen-bond donors (Lipinski definition) is 1. The lowest BCUT2D eigenvalue weighted by atomic mass is 9.95. The molecule has 0 aromatic heterocycles. The van der Waals surface area contributed by atoms with E-state index in [-0.39, 0.29) is 17.7 Å². The van der Waals surface area contributed by atoms with Crippen LogP contribution in [0.15, 0.2) is 48.5 Å². The van der Waals surface area contributed by atoms with Gasteiger partial charge >= 0.3 is 0 Å². The van der Waals surface area contributed by atoms with Crippen LogP contribution < -0.4 is 5.32 Å². The van der Waals surface area contributed by atoms with Gasteiger partial charge in [0.05, 0.1) is 6.04 Å². The van der Waals surface area contributed by atoms with Crippen molar-refractivity contribution in [2.24, 2.45) is 5.92 Å². The summed E-state index contributed by atoms with van der Waals surface area (Å²) in [5, 5.41) is 3.63. The van der Waals surface area contributed by atoms with Crippen molar-refractivity contribution in [3.05, 3.63) is 71.3 Å². The summed E-state index contributed by atoms with van der Waals surface area (Å²) in [5.41, 5.74) is 2.11. The fourth-order valence-electron chi connectivity index (χ4n) is 3.76. The van der Waals surface area contributed by atoms with Crippen LogP contribution in [0.2, 0.25) is 0 Å². The van der Waals surface area contributed by atoms with Crippen molar-refractivity contribution in [2.75, 3.05) is 19.6 Å². The molecule has 2 nitrogen and oxygen atoms in total. The molecular weight excluding hydrogens is 306 g/mol. The fraction of sp³-hybridized carbons (Fsp3) is 0.400. The Morgan fingerprint density at radius 2 is 1.42 bits per heavy atom. The predicted molar refractivity (Wildman–Crippen MR) is 90.7 cm³/mol. The molecule has 4 rings (SSSR count). The lowest BCUT2D eigenvalue weighted by Gasteiger charge is -2.39. The van der Waals surface area contributed by atoms with Gasteiger partial charge < -0.3 is 5.32 Å². The summed E-state index contributed by atoms with van der Waals surface area (Å²) in [6.45, 7) is 2.87. The van der Waals surface area contributed by atoms with Crippen molar-refractivity contribution in [1.82, 2.24) is 10.2 Å². The zero-order valence-corrected chi connectivity index (χ0v) is 13.6. The summed E-state index contributed by atoms with van der Waals surface area (Å²) in [5.74, 6) is 0.329. The second kappa shape index (κ2) is 6.61. The van der Waals surface area contributed by atoms with Crippen molar-refractivity contribution < 1.29 is 8.78 Å². The van der Waals surface area contributed by atoms with Crippen LogP contribution in [0.1, 0.15) is 30.0 Å². The van der Waals surface area contributed by atoms with E-state index in [1.165, 1.54) is 37.1 Å². The highest BCUT2D eigenvalue weighted by Crippen LogP contribution is 2.36. The smallest absolute Gasteiger partial charge is 0.123 e. The van der Waals surface area contributed by atoms with Crippen molar-refractivity contribution in [1.29, 1.82) is 0 Å². The topological polar surface area (TPSA) is 15.3 Å². The zero-order valence-electron chi connectivity index (χ0n) is 13.6. The summed E-state index contributed by atoms with van der Waals surface area (Å²) in [6, 6.07) is 14.0. The third kappa shape index (κ3) is 3.35. The van der Waals surface area contributed by atoms with E-state index in [4.69, 9.17) is 0 Å². The molecule has 126 valence electrons. The molecular formula is C20H22F2N2. The number of piperazine rings is 1. The van der Waals surface area contributed by atoms with Crippen molar-refractivity contribution in [3.8, 4) is 0 Å². The second-order valence-corrected chi connectivity index (χ2v) is 6.90. The van der Waals surface area contributed by atoms with Crippen LogP contribution in [0.5, 0.6) is 0 Å². The van der Waals surface area contributed by atoms with Gasteiger partial charge in [0, 0.05) is 25.7 Å². The van der Waals surface area contributed by atoms with Crippen molar-refractivity contribution in [2.45, 2.75) is 24.9 Å². The van der Waals surface area contributed by atoms with Crippen LogP contribution in [0.25, 0.3) is 0 Å². The molecule has 1 N–H and O–H groups in total. The first kappa shape index (κ1) is 15.7. The highest BCUT2D eigenvalue weighted by atomic mass is 19.1. The fourth-order valence-corrected chi connectivity index (χ4v) is 3.76. The van der Waals surface area contributed by atoms with Crippen LogP contribution >= 0.6 is 0 Å². The van der Waals surface area contributed by atoms with E-state index in [2.05, 4.69) is 10.2 Å². The maximum atomic E-state index is 13.4. The quantitative estimate of drug-likeness (QED) is 0.920. The first-order valence-electron chi connectivity index (χ1n) is 8.69. The van der Waals surface area contributed by atoms with Crippen molar-refractivity contribution >= 4 is 0 Å². The van der Waals surface area contributed by atoms with E-state index in [0.717, 1.165) is 36.7 Å². The Bertz CT molecular complexity index is 634. The molecule has 0 radical (unpaired) electrons. The lowest BCUT2D eigenvalue weighted by Crippen LogP contribution is -2.52. The molecule has 1 heterocycles. The Hall–Kier alpha value is -1.78. The molecule has 2 aromatic rings. The second-order valence-electron chi connectivity index (χ2n) is 6.90. The molecule has 1 atom stereocenters. The van der Waals surface area contributed by atoms with Gasteiger partial charge in [-0.15, -0.1) is 0 Å². The van der Waals surface area contributed by atoms with Gasteiger partial charge in [-0.1, -0.05) is 24.3 Å². The molecule has 2 aliphatic rings. The number of halogens is 2. The zero-order chi connectivity index (χ0) is 16.5. The first-order valence-corrected chi connectivity index (χ1v) is 8.69. The molecule has 1 aliphatic carbocycles. The Morgan fingerprint density at radius 3 is 1.92 bits per heavy atom. The molecule has 1 saturated heterocycles. The van der Waals surface area contributed by atoms with Gasteiger partial charge in [0.1, 0.15) is 11.6 Å². The molecule has 1 aliphatic heterocycles. The first-order chi connectivity index (χ1) is 11.7. The Labute approximate surface area is 141 Å². The molecule has 1 saturated carbocycles. The number of hydrogen-bond acceptors (Lipinski definition) is 2. The average molecular weight is 328 g/mol. The van der Waals surface area contributed by atoms with Crippen molar-refractivity contribution in [3.63, 3.8) is 0 Å². The van der Waals surface area contributed by atoms with Gasteiger partial charge in [-0.25, -0.2) is 8.78 Å². The van der Waals surface area contributed by atoms with E-state index < -0.39 is 0 Å². The predicted octanol–water partition coefficient (Wildman–Crippen LogP) is 3.74. The molecule has 24 heavy (non-hydrogen) atoms. The maximum absolute atomic E-state index is 13.4. The Morgan fingerprint density at radius 1 is 0.875 bits per heavy atom. The molecule has 2 fully saturated rings. The Kier molecular flexibility index (Phi) is 4.33. The average Bonchev–Trinajstić information content (AvgIpc) is 3.44. The van der Waals surface area contributed by atoms with Crippen LogP contribution in [-0.2, 0) is 0 Å². The minimum Gasteiger partial charge on any atom is -0.311 e. The molecule has 1 unspecified atom stereocenters. The van der Waals surface area contributed by atoms with Gasteiger partial charge in [-0.05, 0) is 54.2 Å². The lowest BCUT2D eigenvalue weighted by molar-refractivity contribution is 0.155. The van der Waals surface area contributed by atoms with Crippen LogP contribution in [0.4, 0.5) is 8.78 Å². The van der Waals surface area contributed by atoms with Gasteiger partial charge in [0.2, 0.25) is 0 Å². The van der Waals surface area contributed by atoms with E-state index in [1.54, 1.807) is 0 Å². The van der Waals surface area contributed by atoms with Crippen LogP contribution in [-0.4, -0.2) is 30.6 Å². The third-order valence-corrected chi connectivity index (χ3v) is 5.16. The van der Waals surface area contributed by atoms with E-state index >= 15 is 0 Å². The standard InChI is InChI=1S/C20H22F2N2/c21-17-7-3-15(4-8-17)20(16-5-9-18(22)10-6-16)24-12-11-23-19(13-24)14-1-2-14/h3-10,14,19-20,23H,1-2,11-13H2. The summed E-state index contributed by atoms with van der Waals surface area (Å²) < 4.78 is 26.7. The third-order valence-electron chi connectivity index (χ3n) is 5.16. The molecule has 4 heteroatoms. The maximum Gasteiger partial charge on any atom is 0.123 e. The highest BCUT2D eigenvalue weighted by Gasteiger charge is 2.36. The number of nitrogens with one attached hydrogen (secondary N) is 1. The van der Waals surface area contributed by atoms with Crippen LogP contribution in [0.3, 0.4) is 0 Å². The normalized spacial score (nSPS) is 22.0. The number of benzene rings is 2. The monoisotopic (exact) mass is 328 g/mol. The van der Waals surface area contributed by atoms with Gasteiger partial charge in [-0.3, -0.25) is 4.90 Å². The SMILES string of the molecule is Fc1ccc(C(c2ccc(F)cc2)N2CCNC(C3CC3)C2)cc1. The summed E-state index contributed by atoms with van der Waals surface area (Å²) in [6.07, 6.45) is 2.62. The van der Waals surface area contributed by atoms with Gasteiger partial charge in [0.25, 0.3) is 0 Å². The minimum absolute atomic E-state index is 0.0366. The Balaban J connectivity index is 1.66. The summed E-state index contributed by atoms with van der Waals surface area (Å²) >= 11 is 0.